The van der Waals surface area contributed by atoms with Crippen LogP contribution < -0.4 is 5.56 Å². The Balaban J connectivity index is 2.42. The van der Waals surface area contributed by atoms with Gasteiger partial charge in [-0.05, 0) is 30.4 Å². The largest absolute Gasteiger partial charge is 0.316 e. The van der Waals surface area contributed by atoms with Gasteiger partial charge in [-0.25, -0.2) is 4.39 Å². The Hall–Kier alpha value is -2.28. The van der Waals surface area contributed by atoms with Gasteiger partial charge in [0.2, 0.25) is 0 Å². The first kappa shape index (κ1) is 10.8. The number of fused-ring (bicyclic) bond motifs is 1. The van der Waals surface area contributed by atoms with Crippen LogP contribution in [0.15, 0.2) is 35.3 Å². The third-order valence-electron chi connectivity index (χ3n) is 2.57. The molecule has 90 valence electrons. The second-order valence-corrected chi connectivity index (χ2v) is 4.10. The molecule has 0 aliphatic rings. The smallest absolute Gasteiger partial charge is 0.270 e. The monoisotopic (exact) mass is 262 g/mol. The third-order valence-corrected chi connectivity index (χ3v) is 2.86. The molecule has 0 fully saturated rings. The van der Waals surface area contributed by atoms with Crippen molar-refractivity contribution in [1.29, 1.82) is 0 Å². The predicted octanol–water partition coefficient (Wildman–Crippen LogP) is 1.91. The minimum absolute atomic E-state index is 0.183. The van der Waals surface area contributed by atoms with E-state index >= 15 is 0 Å². The van der Waals surface area contributed by atoms with Gasteiger partial charge in [0.05, 0.1) is 11.9 Å². The molecule has 5 nitrogen and oxygen atoms in total. The summed E-state index contributed by atoms with van der Waals surface area (Å²) >= 11 is 5.10. The minimum atomic E-state index is -0.430. The number of hydrogen-bond acceptors (Lipinski definition) is 3. The highest BCUT2D eigenvalue weighted by Crippen LogP contribution is 2.10. The van der Waals surface area contributed by atoms with Gasteiger partial charge in [0, 0.05) is 0 Å². The number of rotatable bonds is 1. The van der Waals surface area contributed by atoms with Crippen molar-refractivity contribution in [3.05, 3.63) is 51.4 Å². The average molecular weight is 262 g/mol. The van der Waals surface area contributed by atoms with Crippen molar-refractivity contribution in [1.82, 2.24) is 19.7 Å². The molecule has 0 saturated heterocycles. The number of hydrogen-bond donors (Lipinski definition) is 2. The van der Waals surface area contributed by atoms with E-state index in [1.807, 2.05) is 0 Å². The topological polar surface area (TPSA) is 66.5 Å². The summed E-state index contributed by atoms with van der Waals surface area (Å²) in [5.41, 5.74) is 0.495. The summed E-state index contributed by atoms with van der Waals surface area (Å²) in [6.07, 6.45) is 1.40. The van der Waals surface area contributed by atoms with Gasteiger partial charge in [0.1, 0.15) is 16.9 Å². The lowest BCUT2D eigenvalue weighted by molar-refractivity contribution is 0.626. The lowest BCUT2D eigenvalue weighted by Gasteiger charge is -2.05. The zero-order valence-corrected chi connectivity index (χ0v) is 9.79. The van der Waals surface area contributed by atoms with E-state index in [2.05, 4.69) is 15.2 Å². The van der Waals surface area contributed by atoms with E-state index in [4.69, 9.17) is 12.2 Å². The summed E-state index contributed by atoms with van der Waals surface area (Å²) in [6.45, 7) is 0. The van der Waals surface area contributed by atoms with Crippen LogP contribution in [0.2, 0.25) is 0 Å². The van der Waals surface area contributed by atoms with E-state index < -0.39 is 5.82 Å². The Morgan fingerprint density at radius 2 is 2.22 bits per heavy atom. The maximum absolute atomic E-state index is 13.2. The zero-order chi connectivity index (χ0) is 12.7. The minimum Gasteiger partial charge on any atom is -0.316 e. The molecule has 0 radical (unpaired) electrons. The molecule has 7 heteroatoms. The first-order valence-electron chi connectivity index (χ1n) is 5.11. The highest BCUT2D eigenvalue weighted by Gasteiger charge is 2.09. The van der Waals surface area contributed by atoms with Crippen molar-refractivity contribution in [2.75, 3.05) is 0 Å². The van der Waals surface area contributed by atoms with Crippen LogP contribution in [0.3, 0.4) is 0 Å². The van der Waals surface area contributed by atoms with E-state index in [0.717, 1.165) is 0 Å². The first-order valence-corrected chi connectivity index (χ1v) is 5.52. The quantitative estimate of drug-likeness (QED) is 0.658. The average Bonchev–Trinajstić information content (AvgIpc) is 2.77. The molecular weight excluding hydrogens is 255 g/mol. The Morgan fingerprint density at radius 3 is 3.00 bits per heavy atom. The fourth-order valence-electron chi connectivity index (χ4n) is 1.77. The molecule has 0 bridgehead atoms. The summed E-state index contributed by atoms with van der Waals surface area (Å²) in [6, 6.07) is 5.68. The van der Waals surface area contributed by atoms with Gasteiger partial charge in [0.15, 0.2) is 4.77 Å². The van der Waals surface area contributed by atoms with Crippen LogP contribution in [0.1, 0.15) is 0 Å². The summed E-state index contributed by atoms with van der Waals surface area (Å²) in [7, 11) is 0. The van der Waals surface area contributed by atoms with Crippen molar-refractivity contribution >= 4 is 23.3 Å². The highest BCUT2D eigenvalue weighted by molar-refractivity contribution is 7.71. The number of aromatic nitrogens is 4. The van der Waals surface area contributed by atoms with E-state index in [1.54, 1.807) is 6.07 Å². The van der Waals surface area contributed by atoms with Crippen LogP contribution in [-0.2, 0) is 0 Å². The number of nitrogens with one attached hydrogen (secondary N) is 2. The van der Waals surface area contributed by atoms with E-state index in [-0.39, 0.29) is 10.3 Å². The summed E-state index contributed by atoms with van der Waals surface area (Å²) in [4.78, 5) is 15.1. The molecule has 0 atom stereocenters. The van der Waals surface area contributed by atoms with Gasteiger partial charge in [-0.2, -0.15) is 5.10 Å². The Bertz CT molecular complexity index is 848. The summed E-state index contributed by atoms with van der Waals surface area (Å²) in [5.74, 6) is -0.430. The number of aromatic amines is 2. The van der Waals surface area contributed by atoms with E-state index in [9.17, 15) is 9.18 Å². The van der Waals surface area contributed by atoms with Crippen molar-refractivity contribution in [3.63, 3.8) is 0 Å². The second-order valence-electron chi connectivity index (χ2n) is 3.71. The molecule has 0 unspecified atom stereocenters. The van der Waals surface area contributed by atoms with Gasteiger partial charge in [-0.1, -0.05) is 6.07 Å². The predicted molar refractivity (Wildman–Crippen MR) is 66.8 cm³/mol. The molecule has 0 aliphatic carbocycles. The molecule has 2 heterocycles. The van der Waals surface area contributed by atoms with Crippen molar-refractivity contribution in [2.45, 2.75) is 0 Å². The fraction of sp³-hybridized carbons (Fsp3) is 0. The Kier molecular flexibility index (Phi) is 2.34. The van der Waals surface area contributed by atoms with Crippen LogP contribution in [0.5, 0.6) is 0 Å². The molecule has 0 saturated carbocycles. The zero-order valence-electron chi connectivity index (χ0n) is 8.98. The van der Waals surface area contributed by atoms with Gasteiger partial charge >= 0.3 is 0 Å². The molecule has 0 spiro atoms. The molecule has 1 aromatic carbocycles. The maximum atomic E-state index is 13.2. The van der Waals surface area contributed by atoms with Gasteiger partial charge in [0.25, 0.3) is 5.56 Å². The van der Waals surface area contributed by atoms with Crippen LogP contribution >= 0.6 is 12.2 Å². The maximum Gasteiger partial charge on any atom is 0.270 e. The molecule has 3 rings (SSSR count). The summed E-state index contributed by atoms with van der Waals surface area (Å²) in [5, 5.41) is 6.77. The van der Waals surface area contributed by atoms with E-state index in [1.165, 1.54) is 29.0 Å². The van der Waals surface area contributed by atoms with Crippen LogP contribution in [0.25, 0.3) is 16.7 Å². The van der Waals surface area contributed by atoms with Crippen LogP contribution in [0, 0.1) is 10.6 Å². The van der Waals surface area contributed by atoms with Gasteiger partial charge in [-0.3, -0.25) is 14.5 Å². The summed E-state index contributed by atoms with van der Waals surface area (Å²) < 4.78 is 14.6. The second kappa shape index (κ2) is 3.88. The number of nitrogens with zero attached hydrogens (tertiary/aromatic N) is 2. The molecule has 18 heavy (non-hydrogen) atoms. The molecule has 0 amide bonds. The standard InChI is InChI=1S/C11H7FN4OS/c12-6-2-1-3-7(4-6)16-10(17)8-5-13-15-9(8)14-11(16)18/h1-5H,(H2,13,14,15,18). The highest BCUT2D eigenvalue weighted by atomic mass is 32.1. The molecular formula is C11H7FN4OS. The molecule has 0 aliphatic heterocycles. The van der Waals surface area contributed by atoms with Gasteiger partial charge < -0.3 is 4.98 Å². The van der Waals surface area contributed by atoms with E-state index in [0.29, 0.717) is 16.7 Å². The van der Waals surface area contributed by atoms with Crippen molar-refractivity contribution < 1.29 is 4.39 Å². The third kappa shape index (κ3) is 1.56. The Labute approximate surface area is 105 Å². The van der Waals surface area contributed by atoms with Crippen molar-refractivity contribution in [2.24, 2.45) is 0 Å². The fourth-order valence-corrected chi connectivity index (χ4v) is 2.06. The Morgan fingerprint density at radius 1 is 1.39 bits per heavy atom. The van der Waals surface area contributed by atoms with Crippen LogP contribution in [-0.4, -0.2) is 19.7 Å². The molecule has 2 N–H and O–H groups in total. The van der Waals surface area contributed by atoms with Gasteiger partial charge in [-0.15, -0.1) is 0 Å². The lowest BCUT2D eigenvalue weighted by atomic mass is 10.3. The first-order chi connectivity index (χ1) is 8.66. The normalized spacial score (nSPS) is 10.9. The SMILES string of the molecule is O=c1c2cn[nH]c2[nH]c(=S)n1-c1cccc(F)c1. The molecule has 2 aromatic heterocycles. The van der Waals surface area contributed by atoms with Crippen molar-refractivity contribution in [3.8, 4) is 5.69 Å². The number of H-pyrrole nitrogens is 2. The van der Waals surface area contributed by atoms with Crippen LogP contribution in [0.4, 0.5) is 4.39 Å². The number of benzene rings is 1. The lowest BCUT2D eigenvalue weighted by Crippen LogP contribution is -2.20. The number of halogens is 1. The molecule has 3 aromatic rings.